The minimum absolute atomic E-state index is 0.373. The lowest BCUT2D eigenvalue weighted by Gasteiger charge is -2.24. The maximum atomic E-state index is 4.29. The first-order valence-electron chi connectivity index (χ1n) is 6.21. The topological polar surface area (TPSA) is 29.9 Å². The van der Waals surface area contributed by atoms with Crippen LogP contribution < -0.4 is 5.32 Å². The van der Waals surface area contributed by atoms with E-state index in [4.69, 9.17) is 0 Å². The van der Waals surface area contributed by atoms with E-state index in [0.717, 1.165) is 0 Å². The van der Waals surface area contributed by atoms with Crippen molar-refractivity contribution in [2.24, 2.45) is 13.0 Å². The van der Waals surface area contributed by atoms with Crippen LogP contribution in [0.1, 0.15) is 51.4 Å². The second kappa shape index (κ2) is 5.48. The molecule has 3 unspecified atom stereocenters. The Morgan fingerprint density at radius 3 is 2.44 bits per heavy atom. The van der Waals surface area contributed by atoms with Gasteiger partial charge in [0.1, 0.15) is 0 Å². The zero-order chi connectivity index (χ0) is 12.3. The molecule has 1 aromatic heterocycles. The molecule has 1 aromatic rings. The van der Waals surface area contributed by atoms with Crippen molar-refractivity contribution in [3.05, 3.63) is 17.5 Å². The summed E-state index contributed by atoms with van der Waals surface area (Å²) in [4.78, 5) is 0. The van der Waals surface area contributed by atoms with Crippen LogP contribution in [0.4, 0.5) is 0 Å². The lowest BCUT2D eigenvalue weighted by atomic mass is 9.99. The predicted molar refractivity (Wildman–Crippen MR) is 68.4 cm³/mol. The molecule has 1 N–H and O–H groups in total. The lowest BCUT2D eigenvalue weighted by molar-refractivity contribution is 0.359. The third-order valence-electron chi connectivity index (χ3n) is 3.75. The minimum atomic E-state index is 0.373. The molecule has 92 valence electrons. The third kappa shape index (κ3) is 2.85. The van der Waals surface area contributed by atoms with Crippen LogP contribution in [0.5, 0.6) is 0 Å². The highest BCUT2D eigenvalue weighted by Gasteiger charge is 2.16. The molecule has 0 aliphatic rings. The van der Waals surface area contributed by atoms with Crippen molar-refractivity contribution in [2.75, 3.05) is 0 Å². The van der Waals surface area contributed by atoms with E-state index in [9.17, 15) is 0 Å². The Morgan fingerprint density at radius 1 is 1.38 bits per heavy atom. The molecule has 0 saturated carbocycles. The molecule has 0 aliphatic heterocycles. The van der Waals surface area contributed by atoms with Gasteiger partial charge < -0.3 is 5.32 Å². The highest BCUT2D eigenvalue weighted by atomic mass is 15.3. The number of aromatic nitrogens is 2. The summed E-state index contributed by atoms with van der Waals surface area (Å²) < 4.78 is 1.93. The van der Waals surface area contributed by atoms with Gasteiger partial charge in [-0.05, 0) is 26.7 Å². The Labute approximate surface area is 99.2 Å². The van der Waals surface area contributed by atoms with Crippen molar-refractivity contribution in [1.29, 1.82) is 0 Å². The number of hydrogen-bond acceptors (Lipinski definition) is 2. The van der Waals surface area contributed by atoms with Gasteiger partial charge in [0.25, 0.3) is 0 Å². The maximum Gasteiger partial charge on any atom is 0.0540 e. The van der Waals surface area contributed by atoms with Gasteiger partial charge in [0.15, 0.2) is 0 Å². The molecule has 3 nitrogen and oxygen atoms in total. The summed E-state index contributed by atoms with van der Waals surface area (Å²) in [7, 11) is 1.99. The zero-order valence-electron chi connectivity index (χ0n) is 11.4. The van der Waals surface area contributed by atoms with Crippen LogP contribution in [0.15, 0.2) is 6.20 Å². The summed E-state index contributed by atoms with van der Waals surface area (Å²) in [6.45, 7) is 11.1. The first kappa shape index (κ1) is 13.2. The summed E-state index contributed by atoms with van der Waals surface area (Å²) >= 11 is 0. The molecular formula is C13H25N3. The van der Waals surface area contributed by atoms with Gasteiger partial charge in [0.2, 0.25) is 0 Å². The van der Waals surface area contributed by atoms with Crippen molar-refractivity contribution < 1.29 is 0 Å². The van der Waals surface area contributed by atoms with Gasteiger partial charge in [-0.25, -0.2) is 0 Å². The second-order valence-corrected chi connectivity index (χ2v) is 4.87. The molecule has 0 spiro atoms. The Kier molecular flexibility index (Phi) is 4.54. The van der Waals surface area contributed by atoms with Crippen LogP contribution in [0, 0.1) is 12.8 Å². The van der Waals surface area contributed by atoms with Gasteiger partial charge >= 0.3 is 0 Å². The van der Waals surface area contributed by atoms with Gasteiger partial charge in [0.05, 0.1) is 6.20 Å². The van der Waals surface area contributed by atoms with Crippen molar-refractivity contribution in [3.8, 4) is 0 Å². The summed E-state index contributed by atoms with van der Waals surface area (Å²) in [6, 6.07) is 0.914. The molecule has 0 radical (unpaired) electrons. The van der Waals surface area contributed by atoms with Crippen molar-refractivity contribution in [1.82, 2.24) is 15.1 Å². The predicted octanol–water partition coefficient (Wildman–Crippen LogP) is 2.81. The number of hydrogen-bond donors (Lipinski definition) is 1. The maximum absolute atomic E-state index is 4.29. The Morgan fingerprint density at radius 2 is 2.00 bits per heavy atom. The van der Waals surface area contributed by atoms with Crippen LogP contribution in [0.3, 0.4) is 0 Å². The van der Waals surface area contributed by atoms with Gasteiger partial charge in [-0.15, -0.1) is 0 Å². The van der Waals surface area contributed by atoms with E-state index < -0.39 is 0 Å². The molecule has 0 aromatic carbocycles. The highest BCUT2D eigenvalue weighted by Crippen LogP contribution is 2.18. The van der Waals surface area contributed by atoms with Crippen LogP contribution >= 0.6 is 0 Å². The van der Waals surface area contributed by atoms with Crippen molar-refractivity contribution in [2.45, 2.75) is 53.1 Å². The summed E-state index contributed by atoms with van der Waals surface area (Å²) in [6.07, 6.45) is 3.18. The molecule has 0 amide bonds. The molecule has 0 fully saturated rings. The number of rotatable bonds is 5. The molecule has 1 rings (SSSR count). The Bertz CT molecular complexity index is 330. The first-order chi connectivity index (χ1) is 7.47. The summed E-state index contributed by atoms with van der Waals surface area (Å²) in [5, 5.41) is 7.93. The fourth-order valence-corrected chi connectivity index (χ4v) is 1.94. The molecule has 3 heteroatoms. The smallest absolute Gasteiger partial charge is 0.0540 e. The average Bonchev–Trinajstić information content (AvgIpc) is 2.58. The zero-order valence-corrected chi connectivity index (χ0v) is 11.4. The average molecular weight is 223 g/mol. The number of aryl methyl sites for hydroxylation is 1. The first-order valence-corrected chi connectivity index (χ1v) is 6.21. The fraction of sp³-hybridized carbons (Fsp3) is 0.769. The van der Waals surface area contributed by atoms with Crippen LogP contribution in [0.2, 0.25) is 0 Å². The van der Waals surface area contributed by atoms with Gasteiger partial charge in [0, 0.05) is 30.4 Å². The molecular weight excluding hydrogens is 198 g/mol. The molecule has 16 heavy (non-hydrogen) atoms. The standard InChI is InChI=1S/C13H25N3/c1-7-9(2)10(3)15-11(4)13-8-14-16(6)12(13)5/h8-11,15H,7H2,1-6H3. The van der Waals surface area contributed by atoms with E-state index in [0.29, 0.717) is 18.0 Å². The van der Waals surface area contributed by atoms with E-state index >= 15 is 0 Å². The summed E-state index contributed by atoms with van der Waals surface area (Å²) in [5.74, 6) is 0.708. The second-order valence-electron chi connectivity index (χ2n) is 4.87. The summed E-state index contributed by atoms with van der Waals surface area (Å²) in [5.41, 5.74) is 2.55. The molecule has 3 atom stereocenters. The van der Waals surface area contributed by atoms with Gasteiger partial charge in [-0.3, -0.25) is 4.68 Å². The van der Waals surface area contributed by atoms with E-state index in [-0.39, 0.29) is 0 Å². The van der Waals surface area contributed by atoms with E-state index in [1.807, 2.05) is 17.9 Å². The SMILES string of the molecule is CCC(C)C(C)NC(C)c1cnn(C)c1C. The molecule has 0 bridgehead atoms. The molecule has 0 saturated heterocycles. The monoisotopic (exact) mass is 223 g/mol. The largest absolute Gasteiger partial charge is 0.307 e. The highest BCUT2D eigenvalue weighted by molar-refractivity contribution is 5.19. The van der Waals surface area contributed by atoms with Crippen LogP contribution in [0.25, 0.3) is 0 Å². The molecule has 1 heterocycles. The van der Waals surface area contributed by atoms with Gasteiger partial charge in [-0.1, -0.05) is 20.3 Å². The van der Waals surface area contributed by atoms with Gasteiger partial charge in [-0.2, -0.15) is 5.10 Å². The number of nitrogens with one attached hydrogen (secondary N) is 1. The van der Waals surface area contributed by atoms with Crippen LogP contribution in [-0.4, -0.2) is 15.8 Å². The normalized spacial score (nSPS) is 17.1. The fourth-order valence-electron chi connectivity index (χ4n) is 1.94. The van der Waals surface area contributed by atoms with Crippen molar-refractivity contribution in [3.63, 3.8) is 0 Å². The Hall–Kier alpha value is -0.830. The third-order valence-corrected chi connectivity index (χ3v) is 3.75. The Balaban J connectivity index is 2.65. The lowest BCUT2D eigenvalue weighted by Crippen LogP contribution is -2.34. The molecule has 0 aliphatic carbocycles. The van der Waals surface area contributed by atoms with Crippen LogP contribution in [-0.2, 0) is 7.05 Å². The quantitative estimate of drug-likeness (QED) is 0.832. The minimum Gasteiger partial charge on any atom is -0.307 e. The van der Waals surface area contributed by atoms with Crippen molar-refractivity contribution >= 4 is 0 Å². The van der Waals surface area contributed by atoms with E-state index in [2.05, 4.69) is 45.0 Å². The van der Waals surface area contributed by atoms with E-state index in [1.165, 1.54) is 17.7 Å². The van der Waals surface area contributed by atoms with E-state index in [1.54, 1.807) is 0 Å². The number of nitrogens with zero attached hydrogens (tertiary/aromatic N) is 2.